The normalized spacial score (nSPS) is 10.9. The fourth-order valence-electron chi connectivity index (χ4n) is 2.88. The van der Waals surface area contributed by atoms with E-state index < -0.39 is 24.3 Å². The molecule has 28 heavy (non-hydrogen) atoms. The number of rotatable bonds is 6. The molecule has 0 atom stereocenters. The number of nitrogens with one attached hydrogen (secondary N) is 1. The maximum absolute atomic E-state index is 14.2. The number of halogens is 1. The number of anilines is 1. The van der Waals surface area contributed by atoms with Crippen LogP contribution in [0.3, 0.4) is 0 Å². The molecule has 146 valence electrons. The van der Waals surface area contributed by atoms with Crippen LogP contribution < -0.4 is 5.32 Å². The lowest BCUT2D eigenvalue weighted by atomic mass is 10.1. The van der Waals surface area contributed by atoms with Crippen molar-refractivity contribution in [2.75, 3.05) is 19.0 Å². The van der Waals surface area contributed by atoms with Crippen molar-refractivity contribution in [2.45, 2.75) is 20.5 Å². The van der Waals surface area contributed by atoms with E-state index in [2.05, 4.69) is 5.32 Å². The zero-order chi connectivity index (χ0) is 20.3. The van der Waals surface area contributed by atoms with Crippen LogP contribution in [0.5, 0.6) is 0 Å². The molecule has 1 N–H and O–H groups in total. The molecule has 0 fully saturated rings. The van der Waals surface area contributed by atoms with Gasteiger partial charge in [0, 0.05) is 28.4 Å². The molecule has 1 aromatic heterocycles. The number of aryl methyl sites for hydroxylation is 1. The van der Waals surface area contributed by atoms with Gasteiger partial charge in [-0.25, -0.2) is 9.18 Å². The van der Waals surface area contributed by atoms with E-state index >= 15 is 0 Å². The number of esters is 1. The number of hydrogen-bond acceptors (Lipinski definition) is 5. The summed E-state index contributed by atoms with van der Waals surface area (Å²) in [5.41, 5.74) is 3.10. The molecule has 2 aromatic carbocycles. The van der Waals surface area contributed by atoms with Crippen LogP contribution in [0.2, 0.25) is 0 Å². The number of thiophene rings is 1. The minimum atomic E-state index is -0.677. The van der Waals surface area contributed by atoms with Crippen LogP contribution in [-0.4, -0.2) is 25.6 Å². The second-order valence-corrected chi connectivity index (χ2v) is 7.38. The Bertz CT molecular complexity index is 1040. The summed E-state index contributed by atoms with van der Waals surface area (Å²) in [6.07, 6.45) is 0. The monoisotopic (exact) mass is 401 g/mol. The highest BCUT2D eigenvalue weighted by atomic mass is 32.1. The Kier molecular flexibility index (Phi) is 6.06. The van der Waals surface area contributed by atoms with Crippen molar-refractivity contribution >= 4 is 39.0 Å². The first-order valence-corrected chi connectivity index (χ1v) is 9.46. The highest BCUT2D eigenvalue weighted by Crippen LogP contribution is 2.34. The number of amides is 1. The van der Waals surface area contributed by atoms with Crippen molar-refractivity contribution in [3.05, 3.63) is 63.8 Å². The lowest BCUT2D eigenvalue weighted by molar-refractivity contribution is -0.119. The maximum atomic E-state index is 14.2. The molecule has 0 aliphatic carbocycles. The summed E-state index contributed by atoms with van der Waals surface area (Å²) in [5.74, 6) is -1.54. The van der Waals surface area contributed by atoms with E-state index in [9.17, 15) is 14.0 Å². The predicted octanol–water partition coefficient (Wildman–Crippen LogP) is 4.60. The summed E-state index contributed by atoms with van der Waals surface area (Å²) >= 11 is 1.12. The van der Waals surface area contributed by atoms with Crippen molar-refractivity contribution in [1.82, 2.24) is 0 Å². The minimum Gasteiger partial charge on any atom is -0.451 e. The van der Waals surface area contributed by atoms with Gasteiger partial charge in [-0.15, -0.1) is 11.3 Å². The molecular formula is C21H20FNO4S. The summed E-state index contributed by atoms with van der Waals surface area (Å²) in [4.78, 5) is 24.9. The molecule has 0 aliphatic heterocycles. The smallest absolute Gasteiger partial charge is 0.349 e. The second-order valence-electron chi connectivity index (χ2n) is 6.33. The molecule has 0 bridgehead atoms. The van der Waals surface area contributed by atoms with Crippen molar-refractivity contribution in [3.8, 4) is 0 Å². The molecular weight excluding hydrogens is 381 g/mol. The minimum absolute atomic E-state index is 0.0695. The zero-order valence-corrected chi connectivity index (χ0v) is 16.6. The van der Waals surface area contributed by atoms with E-state index in [-0.39, 0.29) is 11.5 Å². The largest absolute Gasteiger partial charge is 0.451 e. The molecule has 0 saturated heterocycles. The summed E-state index contributed by atoms with van der Waals surface area (Å²) in [6, 6.07) is 10.2. The average molecular weight is 401 g/mol. The first-order valence-electron chi connectivity index (χ1n) is 8.64. The number of hydrogen-bond donors (Lipinski definition) is 1. The van der Waals surface area contributed by atoms with Gasteiger partial charge in [0.1, 0.15) is 10.7 Å². The first-order chi connectivity index (χ1) is 13.4. The van der Waals surface area contributed by atoms with Crippen LogP contribution in [0, 0.1) is 19.7 Å². The van der Waals surface area contributed by atoms with Crippen molar-refractivity contribution in [2.24, 2.45) is 0 Å². The number of carbonyl (C=O) groups is 2. The van der Waals surface area contributed by atoms with E-state index in [1.807, 2.05) is 26.0 Å². The van der Waals surface area contributed by atoms with Gasteiger partial charge in [0.15, 0.2) is 6.61 Å². The van der Waals surface area contributed by atoms with E-state index in [0.717, 1.165) is 22.5 Å². The van der Waals surface area contributed by atoms with Crippen molar-refractivity contribution in [3.63, 3.8) is 0 Å². The molecule has 0 saturated carbocycles. The molecule has 0 radical (unpaired) electrons. The molecule has 3 rings (SSSR count). The van der Waals surface area contributed by atoms with Gasteiger partial charge in [0.25, 0.3) is 5.91 Å². The summed E-state index contributed by atoms with van der Waals surface area (Å²) in [6.45, 7) is 3.48. The van der Waals surface area contributed by atoms with Gasteiger partial charge in [-0.2, -0.15) is 0 Å². The van der Waals surface area contributed by atoms with Crippen LogP contribution in [0.25, 0.3) is 10.1 Å². The maximum Gasteiger partial charge on any atom is 0.349 e. The molecule has 5 nitrogen and oxygen atoms in total. The Morgan fingerprint density at radius 2 is 1.89 bits per heavy atom. The quantitative estimate of drug-likeness (QED) is 0.613. The van der Waals surface area contributed by atoms with E-state index in [0.29, 0.717) is 21.3 Å². The summed E-state index contributed by atoms with van der Waals surface area (Å²) < 4.78 is 25.1. The third-order valence-electron chi connectivity index (χ3n) is 4.45. The molecule has 1 heterocycles. The van der Waals surface area contributed by atoms with Crippen molar-refractivity contribution < 1.29 is 23.5 Å². The SMILES string of the molecule is COCc1c(C(=O)OCC(=O)Nc2cccc(C)c2C)sc2cccc(F)c12. The Morgan fingerprint density at radius 3 is 2.64 bits per heavy atom. The van der Waals surface area contributed by atoms with Crippen LogP contribution >= 0.6 is 11.3 Å². The predicted molar refractivity (Wildman–Crippen MR) is 107 cm³/mol. The van der Waals surface area contributed by atoms with Crippen LogP contribution in [0.15, 0.2) is 36.4 Å². The lowest BCUT2D eigenvalue weighted by Gasteiger charge is -2.10. The van der Waals surface area contributed by atoms with Crippen LogP contribution in [0.4, 0.5) is 10.1 Å². The average Bonchev–Trinajstić information content (AvgIpc) is 3.04. The summed E-state index contributed by atoms with van der Waals surface area (Å²) in [5, 5.41) is 3.08. The van der Waals surface area contributed by atoms with E-state index in [1.54, 1.807) is 18.2 Å². The van der Waals surface area contributed by atoms with Crippen LogP contribution in [0.1, 0.15) is 26.4 Å². The highest BCUT2D eigenvalue weighted by molar-refractivity contribution is 7.21. The number of methoxy groups -OCH3 is 1. The van der Waals surface area contributed by atoms with Gasteiger partial charge in [0.05, 0.1) is 6.61 Å². The third kappa shape index (κ3) is 4.05. The van der Waals surface area contributed by atoms with E-state index in [4.69, 9.17) is 9.47 Å². The first kappa shape index (κ1) is 20.0. The second kappa shape index (κ2) is 8.50. The number of fused-ring (bicyclic) bond motifs is 1. The molecule has 0 aliphatic rings. The highest BCUT2D eigenvalue weighted by Gasteiger charge is 2.22. The Morgan fingerprint density at radius 1 is 1.14 bits per heavy atom. The number of benzene rings is 2. The molecule has 3 aromatic rings. The molecule has 0 unspecified atom stereocenters. The fourth-order valence-corrected chi connectivity index (χ4v) is 4.00. The molecule has 7 heteroatoms. The Hall–Kier alpha value is -2.77. The van der Waals surface area contributed by atoms with Gasteiger partial charge in [-0.3, -0.25) is 4.79 Å². The lowest BCUT2D eigenvalue weighted by Crippen LogP contribution is -2.21. The topological polar surface area (TPSA) is 64.6 Å². The fraction of sp³-hybridized carbons (Fsp3) is 0.238. The van der Waals surface area contributed by atoms with E-state index in [1.165, 1.54) is 13.2 Å². The number of carbonyl (C=O) groups excluding carboxylic acids is 2. The summed E-state index contributed by atoms with van der Waals surface area (Å²) in [7, 11) is 1.47. The van der Waals surface area contributed by atoms with Gasteiger partial charge >= 0.3 is 5.97 Å². The van der Waals surface area contributed by atoms with Crippen molar-refractivity contribution in [1.29, 1.82) is 0 Å². The molecule has 1 amide bonds. The van der Waals surface area contributed by atoms with Gasteiger partial charge < -0.3 is 14.8 Å². The molecule has 0 spiro atoms. The number of ether oxygens (including phenoxy) is 2. The van der Waals surface area contributed by atoms with Gasteiger partial charge in [-0.05, 0) is 43.2 Å². The Labute approximate surface area is 166 Å². The van der Waals surface area contributed by atoms with Crippen LogP contribution in [-0.2, 0) is 20.9 Å². The third-order valence-corrected chi connectivity index (χ3v) is 5.63. The standard InChI is InChI=1S/C21H20FNO4S/c1-12-6-4-8-16(13(12)2)23-18(24)11-27-21(25)20-14(10-26-3)19-15(22)7-5-9-17(19)28-20/h4-9H,10-11H2,1-3H3,(H,23,24). The van der Waals surface area contributed by atoms with Gasteiger partial charge in [0.2, 0.25) is 0 Å². The van der Waals surface area contributed by atoms with Gasteiger partial charge in [-0.1, -0.05) is 18.2 Å². The Balaban J connectivity index is 1.74. The zero-order valence-electron chi connectivity index (χ0n) is 15.8.